The van der Waals surface area contributed by atoms with E-state index < -0.39 is 24.1 Å². The minimum Gasteiger partial charge on any atom is -0.497 e. The van der Waals surface area contributed by atoms with E-state index in [0.29, 0.717) is 34.6 Å². The first-order chi connectivity index (χ1) is 13.7. The van der Waals surface area contributed by atoms with Gasteiger partial charge in [0.2, 0.25) is 0 Å². The molecule has 1 atom stereocenters. The van der Waals surface area contributed by atoms with Crippen LogP contribution in [0.4, 0.5) is 0 Å². The van der Waals surface area contributed by atoms with Crippen LogP contribution >= 0.6 is 0 Å². The van der Waals surface area contributed by atoms with Crippen LogP contribution in [0.25, 0.3) is 0 Å². The van der Waals surface area contributed by atoms with Crippen LogP contribution in [-0.4, -0.2) is 43.0 Å². The summed E-state index contributed by atoms with van der Waals surface area (Å²) in [6.07, 6.45) is 2.90. The molecule has 0 amide bonds. The van der Waals surface area contributed by atoms with E-state index in [-0.39, 0.29) is 13.0 Å². The molecule has 1 aromatic carbocycles. The lowest BCUT2D eigenvalue weighted by atomic mass is 9.82. The molecule has 29 heavy (non-hydrogen) atoms. The highest BCUT2D eigenvalue weighted by Crippen LogP contribution is 2.33. The van der Waals surface area contributed by atoms with Crippen molar-refractivity contribution in [1.82, 2.24) is 0 Å². The molecule has 1 heterocycles. The van der Waals surface area contributed by atoms with Crippen molar-refractivity contribution in [3.63, 3.8) is 0 Å². The zero-order valence-electron chi connectivity index (χ0n) is 17.9. The van der Waals surface area contributed by atoms with Crippen LogP contribution in [0, 0.1) is 17.8 Å². The summed E-state index contributed by atoms with van der Waals surface area (Å²) >= 11 is 0. The second-order valence-electron chi connectivity index (χ2n) is 8.33. The van der Waals surface area contributed by atoms with E-state index in [0.717, 1.165) is 6.42 Å². The van der Waals surface area contributed by atoms with Crippen molar-refractivity contribution in [2.45, 2.75) is 46.1 Å². The van der Waals surface area contributed by atoms with Gasteiger partial charge in [0.05, 0.1) is 19.3 Å². The number of rotatable bonds is 9. The van der Waals surface area contributed by atoms with Crippen LogP contribution in [-0.2, 0) is 14.3 Å². The zero-order valence-corrected chi connectivity index (χ0v) is 17.9. The number of cyclic esters (lactones) is 1. The SMILES string of the molecule is COc1cccc(C(=O)OCC2(CO)C/C(=C/CC(C(C)C)C(C)C)C(=O)O2)c1. The van der Waals surface area contributed by atoms with Crippen molar-refractivity contribution in [1.29, 1.82) is 0 Å². The molecule has 0 radical (unpaired) electrons. The highest BCUT2D eigenvalue weighted by atomic mass is 16.6. The second kappa shape index (κ2) is 9.92. The fourth-order valence-corrected chi connectivity index (χ4v) is 3.71. The molecule has 1 fully saturated rings. The molecule has 0 saturated carbocycles. The van der Waals surface area contributed by atoms with Gasteiger partial charge in [0.25, 0.3) is 0 Å². The molecule has 0 aromatic heterocycles. The summed E-state index contributed by atoms with van der Waals surface area (Å²) in [5, 5.41) is 9.86. The van der Waals surface area contributed by atoms with Crippen molar-refractivity contribution in [3.05, 3.63) is 41.5 Å². The molecule has 1 N–H and O–H groups in total. The lowest BCUT2D eigenvalue weighted by molar-refractivity contribution is -0.154. The van der Waals surface area contributed by atoms with E-state index in [1.807, 2.05) is 6.08 Å². The summed E-state index contributed by atoms with van der Waals surface area (Å²) in [4.78, 5) is 24.7. The lowest BCUT2D eigenvalue weighted by Gasteiger charge is -2.24. The third-order valence-corrected chi connectivity index (χ3v) is 5.49. The molecule has 1 aliphatic rings. The molecular formula is C23H32O6. The largest absolute Gasteiger partial charge is 0.497 e. The predicted molar refractivity (Wildman–Crippen MR) is 110 cm³/mol. The van der Waals surface area contributed by atoms with Gasteiger partial charge in [-0.1, -0.05) is 39.8 Å². The summed E-state index contributed by atoms with van der Waals surface area (Å²) in [6, 6.07) is 6.59. The van der Waals surface area contributed by atoms with E-state index >= 15 is 0 Å². The quantitative estimate of drug-likeness (QED) is 0.498. The van der Waals surface area contributed by atoms with Crippen LogP contribution in [0.3, 0.4) is 0 Å². The van der Waals surface area contributed by atoms with Crippen LogP contribution in [0.1, 0.15) is 50.9 Å². The van der Waals surface area contributed by atoms with Crippen LogP contribution in [0.15, 0.2) is 35.9 Å². The number of esters is 2. The Balaban J connectivity index is 2.04. The van der Waals surface area contributed by atoms with Gasteiger partial charge in [-0.2, -0.15) is 0 Å². The Morgan fingerprint density at radius 1 is 1.28 bits per heavy atom. The third-order valence-electron chi connectivity index (χ3n) is 5.49. The van der Waals surface area contributed by atoms with E-state index in [9.17, 15) is 14.7 Å². The fraction of sp³-hybridized carbons (Fsp3) is 0.565. The molecule has 1 saturated heterocycles. The maximum absolute atomic E-state index is 12.3. The molecule has 0 spiro atoms. The Hall–Kier alpha value is -2.34. The van der Waals surface area contributed by atoms with Crippen molar-refractivity contribution in [2.24, 2.45) is 17.8 Å². The first-order valence-corrected chi connectivity index (χ1v) is 10.1. The minimum atomic E-state index is -1.23. The summed E-state index contributed by atoms with van der Waals surface area (Å²) in [5.41, 5.74) is -0.375. The van der Waals surface area contributed by atoms with E-state index in [1.165, 1.54) is 7.11 Å². The summed E-state index contributed by atoms with van der Waals surface area (Å²) < 4.78 is 15.9. The lowest BCUT2D eigenvalue weighted by Crippen LogP contribution is -2.39. The second-order valence-corrected chi connectivity index (χ2v) is 8.33. The number of benzene rings is 1. The minimum absolute atomic E-state index is 0.208. The summed E-state index contributed by atoms with van der Waals surface area (Å²) in [5.74, 6) is 0.961. The van der Waals surface area contributed by atoms with Gasteiger partial charge in [0.15, 0.2) is 5.60 Å². The molecule has 1 aromatic rings. The van der Waals surface area contributed by atoms with E-state index in [2.05, 4.69) is 27.7 Å². The number of hydrogen-bond acceptors (Lipinski definition) is 6. The summed E-state index contributed by atoms with van der Waals surface area (Å²) in [6.45, 7) is 8.07. The fourth-order valence-electron chi connectivity index (χ4n) is 3.71. The Morgan fingerprint density at radius 3 is 2.55 bits per heavy atom. The van der Waals surface area contributed by atoms with Gasteiger partial charge in [-0.05, 0) is 42.4 Å². The third kappa shape index (κ3) is 5.82. The van der Waals surface area contributed by atoms with Gasteiger partial charge in [0.1, 0.15) is 12.4 Å². The van der Waals surface area contributed by atoms with Gasteiger partial charge in [-0.25, -0.2) is 9.59 Å². The van der Waals surface area contributed by atoms with E-state index in [1.54, 1.807) is 24.3 Å². The van der Waals surface area contributed by atoms with Crippen molar-refractivity contribution in [2.75, 3.05) is 20.3 Å². The van der Waals surface area contributed by atoms with E-state index in [4.69, 9.17) is 14.2 Å². The number of aliphatic hydroxyl groups is 1. The van der Waals surface area contributed by atoms with Crippen LogP contribution < -0.4 is 4.74 Å². The number of carbonyl (C=O) groups is 2. The molecule has 0 aliphatic carbocycles. The van der Waals surface area contributed by atoms with Gasteiger partial charge in [0, 0.05) is 12.0 Å². The molecule has 2 rings (SSSR count). The van der Waals surface area contributed by atoms with Gasteiger partial charge < -0.3 is 19.3 Å². The van der Waals surface area contributed by atoms with Crippen molar-refractivity contribution >= 4 is 11.9 Å². The first kappa shape index (κ1) is 22.9. The van der Waals surface area contributed by atoms with Gasteiger partial charge in [-0.15, -0.1) is 0 Å². The highest BCUT2D eigenvalue weighted by Gasteiger charge is 2.44. The monoisotopic (exact) mass is 404 g/mol. The average Bonchev–Trinajstić information content (AvgIpc) is 3.02. The molecule has 160 valence electrons. The van der Waals surface area contributed by atoms with Gasteiger partial charge >= 0.3 is 11.9 Å². The topological polar surface area (TPSA) is 82.1 Å². The standard InChI is InChI=1S/C23H32O6/c1-15(2)20(16(3)4)10-9-18-12-23(13-24,29-22(18)26)14-28-21(25)17-7-6-8-19(11-17)27-5/h6-9,11,15-16,20,24H,10,12-14H2,1-5H3/b18-9-. The number of allylic oxidation sites excluding steroid dienone is 1. The zero-order chi connectivity index (χ0) is 21.6. The number of hydrogen-bond donors (Lipinski definition) is 1. The Morgan fingerprint density at radius 2 is 1.97 bits per heavy atom. The molecule has 1 aliphatic heterocycles. The van der Waals surface area contributed by atoms with Crippen LogP contribution in [0.5, 0.6) is 5.75 Å². The molecule has 6 nitrogen and oxygen atoms in total. The predicted octanol–water partition coefficient (Wildman–Crippen LogP) is 3.77. The Bertz CT molecular complexity index is 743. The van der Waals surface area contributed by atoms with Crippen LogP contribution in [0.2, 0.25) is 0 Å². The number of aliphatic hydroxyl groups excluding tert-OH is 1. The van der Waals surface area contributed by atoms with Crippen molar-refractivity contribution < 1.29 is 28.9 Å². The average molecular weight is 405 g/mol. The van der Waals surface area contributed by atoms with Gasteiger partial charge in [-0.3, -0.25) is 0 Å². The number of ether oxygens (including phenoxy) is 3. The molecule has 6 heteroatoms. The normalized spacial score (nSPS) is 20.6. The first-order valence-electron chi connectivity index (χ1n) is 10.1. The number of methoxy groups -OCH3 is 1. The maximum atomic E-state index is 12.3. The Kier molecular flexibility index (Phi) is 7.85. The molecule has 0 bridgehead atoms. The Labute approximate surface area is 172 Å². The number of carbonyl (C=O) groups excluding carboxylic acids is 2. The highest BCUT2D eigenvalue weighted by molar-refractivity contribution is 5.92. The summed E-state index contributed by atoms with van der Waals surface area (Å²) in [7, 11) is 1.51. The smallest absolute Gasteiger partial charge is 0.338 e. The maximum Gasteiger partial charge on any atom is 0.338 e. The molecule has 1 unspecified atom stereocenters. The van der Waals surface area contributed by atoms with Crippen molar-refractivity contribution in [3.8, 4) is 5.75 Å². The molecular weight excluding hydrogens is 372 g/mol.